The molecule has 120 valence electrons. The summed E-state index contributed by atoms with van der Waals surface area (Å²) in [7, 11) is 1.77. The highest BCUT2D eigenvalue weighted by atomic mass is 127. The molecule has 0 saturated carbocycles. The fourth-order valence-corrected chi connectivity index (χ4v) is 3.05. The Morgan fingerprint density at radius 1 is 1.52 bits per heavy atom. The molecule has 1 fully saturated rings. The van der Waals surface area contributed by atoms with Crippen LogP contribution in [0.1, 0.15) is 18.4 Å². The number of ether oxygens (including phenoxy) is 1. The fraction of sp³-hybridized carbons (Fsp3) is 0.643. The van der Waals surface area contributed by atoms with Crippen molar-refractivity contribution >= 4 is 41.3 Å². The number of aliphatic hydroxyl groups excluding tert-OH is 1. The predicted molar refractivity (Wildman–Crippen MR) is 97.5 cm³/mol. The minimum Gasteiger partial charge on any atom is -0.396 e. The maximum absolute atomic E-state index is 9.21. The number of hydrogen-bond donors (Lipinski definition) is 3. The molecule has 1 aromatic rings. The topological polar surface area (TPSA) is 65.9 Å². The van der Waals surface area contributed by atoms with Crippen molar-refractivity contribution in [1.29, 1.82) is 0 Å². The van der Waals surface area contributed by atoms with E-state index in [-0.39, 0.29) is 36.0 Å². The van der Waals surface area contributed by atoms with Crippen molar-refractivity contribution in [3.05, 3.63) is 22.4 Å². The van der Waals surface area contributed by atoms with Crippen molar-refractivity contribution in [2.45, 2.75) is 19.4 Å². The number of halogens is 1. The molecule has 2 heterocycles. The van der Waals surface area contributed by atoms with Crippen molar-refractivity contribution in [2.75, 3.05) is 33.4 Å². The molecule has 7 heteroatoms. The van der Waals surface area contributed by atoms with Gasteiger partial charge in [0.2, 0.25) is 0 Å². The third-order valence-corrected chi connectivity index (χ3v) is 4.45. The minimum atomic E-state index is 0. The highest BCUT2D eigenvalue weighted by Crippen LogP contribution is 2.31. The summed E-state index contributed by atoms with van der Waals surface area (Å²) in [5.74, 6) is 0.792. The van der Waals surface area contributed by atoms with Crippen LogP contribution in [0.2, 0.25) is 0 Å². The van der Waals surface area contributed by atoms with Crippen LogP contribution in [0, 0.1) is 5.41 Å². The molecule has 0 amide bonds. The van der Waals surface area contributed by atoms with Gasteiger partial charge in [0, 0.05) is 38.8 Å². The van der Waals surface area contributed by atoms with E-state index in [9.17, 15) is 5.11 Å². The molecule has 1 atom stereocenters. The number of rotatable bonds is 6. The smallest absolute Gasteiger partial charge is 0.191 e. The number of aliphatic hydroxyl groups is 1. The molecular weight excluding hydrogens is 401 g/mol. The molecule has 0 radical (unpaired) electrons. The average Bonchev–Trinajstić information content (AvgIpc) is 3.11. The van der Waals surface area contributed by atoms with E-state index in [0.29, 0.717) is 6.61 Å². The Kier molecular flexibility index (Phi) is 8.53. The number of guanidine groups is 1. The van der Waals surface area contributed by atoms with Gasteiger partial charge in [0.25, 0.3) is 0 Å². The van der Waals surface area contributed by atoms with Gasteiger partial charge in [-0.2, -0.15) is 11.3 Å². The summed E-state index contributed by atoms with van der Waals surface area (Å²) in [6.07, 6.45) is 1.75. The van der Waals surface area contributed by atoms with Gasteiger partial charge in [0.15, 0.2) is 5.96 Å². The monoisotopic (exact) mass is 425 g/mol. The van der Waals surface area contributed by atoms with E-state index in [1.54, 1.807) is 18.4 Å². The lowest BCUT2D eigenvalue weighted by Crippen LogP contribution is -2.44. The largest absolute Gasteiger partial charge is 0.396 e. The van der Waals surface area contributed by atoms with Gasteiger partial charge in [-0.05, 0) is 35.2 Å². The molecule has 1 saturated heterocycles. The maximum atomic E-state index is 9.21. The Hall–Kier alpha value is -0.380. The normalized spacial score (nSPS) is 21.9. The molecule has 0 aromatic carbocycles. The molecule has 1 aliphatic rings. The first-order valence-electron chi connectivity index (χ1n) is 6.92. The van der Waals surface area contributed by atoms with Crippen LogP contribution < -0.4 is 10.6 Å². The summed E-state index contributed by atoms with van der Waals surface area (Å²) in [5, 5.41) is 20.1. The van der Waals surface area contributed by atoms with Crippen LogP contribution in [0.25, 0.3) is 0 Å². The van der Waals surface area contributed by atoms with Crippen LogP contribution in [0.5, 0.6) is 0 Å². The molecule has 2 rings (SSSR count). The number of nitrogens with zero attached hydrogens (tertiary/aromatic N) is 1. The third-order valence-electron chi connectivity index (χ3n) is 3.72. The van der Waals surface area contributed by atoms with Crippen molar-refractivity contribution in [3.8, 4) is 0 Å². The second-order valence-corrected chi connectivity index (χ2v) is 5.97. The van der Waals surface area contributed by atoms with Crippen molar-refractivity contribution < 1.29 is 9.84 Å². The second kappa shape index (κ2) is 9.60. The van der Waals surface area contributed by atoms with Crippen LogP contribution in [0.4, 0.5) is 0 Å². The lowest BCUT2D eigenvalue weighted by Gasteiger charge is -2.27. The third kappa shape index (κ3) is 5.72. The van der Waals surface area contributed by atoms with Crippen LogP contribution in [0.3, 0.4) is 0 Å². The molecular formula is C14H24IN3O2S. The summed E-state index contributed by atoms with van der Waals surface area (Å²) in [6, 6.07) is 2.10. The van der Waals surface area contributed by atoms with Gasteiger partial charge in [-0.15, -0.1) is 24.0 Å². The van der Waals surface area contributed by atoms with Gasteiger partial charge in [-0.25, -0.2) is 0 Å². The summed E-state index contributed by atoms with van der Waals surface area (Å²) >= 11 is 1.69. The van der Waals surface area contributed by atoms with Crippen molar-refractivity contribution in [3.63, 3.8) is 0 Å². The maximum Gasteiger partial charge on any atom is 0.191 e. The second-order valence-electron chi connectivity index (χ2n) is 5.19. The molecule has 0 bridgehead atoms. The number of thiophene rings is 1. The Bertz CT molecular complexity index is 420. The Morgan fingerprint density at radius 3 is 2.95 bits per heavy atom. The lowest BCUT2D eigenvalue weighted by molar-refractivity contribution is 0.127. The molecule has 3 N–H and O–H groups in total. The summed E-state index contributed by atoms with van der Waals surface area (Å²) in [4.78, 5) is 4.23. The molecule has 1 aliphatic heterocycles. The Morgan fingerprint density at radius 2 is 2.38 bits per heavy atom. The molecule has 0 aliphatic carbocycles. The van der Waals surface area contributed by atoms with Crippen molar-refractivity contribution in [2.24, 2.45) is 10.4 Å². The first-order chi connectivity index (χ1) is 9.78. The van der Waals surface area contributed by atoms with E-state index >= 15 is 0 Å². The average molecular weight is 425 g/mol. The molecule has 1 aromatic heterocycles. The van der Waals surface area contributed by atoms with Crippen LogP contribution in [-0.4, -0.2) is 44.5 Å². The number of hydrogen-bond acceptors (Lipinski definition) is 4. The van der Waals surface area contributed by atoms with Crippen LogP contribution in [-0.2, 0) is 11.3 Å². The Balaban J connectivity index is 0.00000220. The van der Waals surface area contributed by atoms with E-state index in [0.717, 1.165) is 38.5 Å². The van der Waals surface area contributed by atoms with Crippen LogP contribution >= 0.6 is 35.3 Å². The predicted octanol–water partition coefficient (Wildman–Crippen LogP) is 1.82. The van der Waals surface area contributed by atoms with Gasteiger partial charge in [-0.1, -0.05) is 0 Å². The zero-order valence-electron chi connectivity index (χ0n) is 12.3. The van der Waals surface area contributed by atoms with Gasteiger partial charge in [0.1, 0.15) is 0 Å². The van der Waals surface area contributed by atoms with Gasteiger partial charge in [-0.3, -0.25) is 4.99 Å². The molecule has 21 heavy (non-hydrogen) atoms. The lowest BCUT2D eigenvalue weighted by atomic mass is 9.84. The number of nitrogens with one attached hydrogen (secondary N) is 2. The van der Waals surface area contributed by atoms with Gasteiger partial charge < -0.3 is 20.5 Å². The summed E-state index contributed by atoms with van der Waals surface area (Å²) in [6.45, 7) is 3.24. The van der Waals surface area contributed by atoms with Crippen molar-refractivity contribution in [1.82, 2.24) is 10.6 Å². The zero-order valence-corrected chi connectivity index (χ0v) is 15.4. The van der Waals surface area contributed by atoms with E-state index in [1.165, 1.54) is 5.56 Å². The minimum absolute atomic E-state index is 0. The quantitative estimate of drug-likeness (QED) is 0.370. The van der Waals surface area contributed by atoms with Gasteiger partial charge in [0.05, 0.1) is 6.61 Å². The van der Waals surface area contributed by atoms with E-state index < -0.39 is 0 Å². The van der Waals surface area contributed by atoms with E-state index in [4.69, 9.17) is 4.74 Å². The first-order valence-corrected chi connectivity index (χ1v) is 7.86. The van der Waals surface area contributed by atoms with E-state index in [1.807, 2.05) is 0 Å². The Labute approximate surface area is 147 Å². The molecule has 1 unspecified atom stereocenters. The summed E-state index contributed by atoms with van der Waals surface area (Å²) in [5.41, 5.74) is 1.29. The highest BCUT2D eigenvalue weighted by Gasteiger charge is 2.34. The standard InChI is InChI=1S/C14H23N3O2S.HI/c1-15-13(16-8-12-2-7-20-9-12)17-10-14(3-5-18)4-6-19-11-14;/h2,7,9,18H,3-6,8,10-11H2,1H3,(H2,15,16,17);1H. The van der Waals surface area contributed by atoms with Gasteiger partial charge >= 0.3 is 0 Å². The van der Waals surface area contributed by atoms with Crippen LogP contribution in [0.15, 0.2) is 21.8 Å². The zero-order chi connectivity index (χ0) is 14.3. The highest BCUT2D eigenvalue weighted by molar-refractivity contribution is 14.0. The SMILES string of the molecule is CN=C(NCc1ccsc1)NCC1(CCO)CCOC1.I. The fourth-order valence-electron chi connectivity index (χ4n) is 2.38. The molecule has 5 nitrogen and oxygen atoms in total. The summed E-state index contributed by atoms with van der Waals surface area (Å²) < 4.78 is 5.49. The number of aliphatic imine (C=N–C) groups is 1. The first kappa shape index (κ1) is 18.7. The molecule has 0 spiro atoms. The van der Waals surface area contributed by atoms with E-state index in [2.05, 4.69) is 32.5 Å².